The van der Waals surface area contributed by atoms with Crippen LogP contribution in [-0.2, 0) is 0 Å². The van der Waals surface area contributed by atoms with Gasteiger partial charge in [0.25, 0.3) is 0 Å². The lowest BCUT2D eigenvalue weighted by Gasteiger charge is -2.18. The third kappa shape index (κ3) is 16.6. The molecular weight excluding hydrogens is 1430 g/mol. The van der Waals surface area contributed by atoms with Gasteiger partial charge in [-0.1, -0.05) is 0 Å². The molecule has 0 saturated carbocycles. The zero-order chi connectivity index (χ0) is 89.5. The van der Waals surface area contributed by atoms with Crippen LogP contribution in [0.5, 0.6) is 0 Å². The van der Waals surface area contributed by atoms with Crippen molar-refractivity contribution in [1.82, 2.24) is 39.9 Å². The molecule has 0 saturated heterocycles. The molecule has 0 bridgehead atoms. The van der Waals surface area contributed by atoms with Crippen molar-refractivity contribution in [3.8, 4) is 0 Å². The Morgan fingerprint density at radius 2 is 0.178 bits per heavy atom. The number of rotatable bonds is 0. The van der Waals surface area contributed by atoms with Gasteiger partial charge in [-0.05, 0) is 554 Å². The normalized spacial score (nSPS) is 11.2. The number of hydrogen-bond donors (Lipinski definition) is 0. The first-order valence-electron chi connectivity index (χ1n) is 42.8. The van der Waals surface area contributed by atoms with Crippen molar-refractivity contribution in [2.45, 2.75) is 332 Å². The van der Waals surface area contributed by atoms with E-state index in [9.17, 15) is 0 Å². The fraction of sp³-hybridized carbons (Fsp3) is 0.436. The van der Waals surface area contributed by atoms with E-state index in [1.807, 2.05) is 13.8 Å². The number of hydrogen-bond acceptors (Lipinski definition) is 8. The minimum Gasteiger partial charge on any atom is -0.258 e. The van der Waals surface area contributed by atoms with Gasteiger partial charge in [0.2, 0.25) is 0 Å². The molecule has 0 aliphatic heterocycles. The van der Waals surface area contributed by atoms with Gasteiger partial charge in [-0.2, -0.15) is 0 Å². The second kappa shape index (κ2) is 35.7. The third-order valence-corrected chi connectivity index (χ3v) is 29.5. The molecule has 0 fully saturated rings. The summed E-state index contributed by atoms with van der Waals surface area (Å²) < 4.78 is 0. The molecule has 0 aliphatic carbocycles. The summed E-state index contributed by atoms with van der Waals surface area (Å²) in [5, 5.41) is 16.6. The monoisotopic (exact) mass is 1580 g/mol. The van der Waals surface area contributed by atoms with E-state index in [1.165, 1.54) is 254 Å². The summed E-state index contributed by atoms with van der Waals surface area (Å²) in [5.41, 5.74) is 64.9. The number of aromatic nitrogens is 8. The lowest BCUT2D eigenvalue weighted by Crippen LogP contribution is -2.01. The first-order chi connectivity index (χ1) is 54.6. The fourth-order valence-corrected chi connectivity index (χ4v) is 18.9. The molecule has 7 heterocycles. The zero-order valence-corrected chi connectivity index (χ0v) is 82.6. The maximum atomic E-state index is 4.68. The molecule has 14 rings (SSSR count). The molecule has 118 heavy (non-hydrogen) atoms. The lowest BCUT2D eigenvalue weighted by molar-refractivity contribution is 1.08. The van der Waals surface area contributed by atoms with Gasteiger partial charge in [-0.15, -0.1) is 0 Å². The number of benzene rings is 7. The Balaban J connectivity index is 0.000000172. The van der Waals surface area contributed by atoms with Crippen LogP contribution in [-0.4, -0.2) is 39.9 Å². The van der Waals surface area contributed by atoms with E-state index >= 15 is 0 Å². The van der Waals surface area contributed by atoms with Gasteiger partial charge in [0, 0.05) is 101 Å². The summed E-state index contributed by atoms with van der Waals surface area (Å²) in [6.07, 6.45) is 0. The van der Waals surface area contributed by atoms with Crippen LogP contribution in [0.15, 0.2) is 0 Å². The van der Waals surface area contributed by atoms with E-state index in [-0.39, 0.29) is 0 Å². The Morgan fingerprint density at radius 1 is 0.0763 bits per heavy atom. The quantitative estimate of drug-likeness (QED) is 0.148. The predicted molar refractivity (Wildman–Crippen MR) is 517 cm³/mol. The predicted octanol–water partition coefficient (Wildman–Crippen LogP) is 29.8. The zero-order valence-electron chi connectivity index (χ0n) is 82.6. The Bertz CT molecular complexity index is 5590. The highest BCUT2D eigenvalue weighted by Crippen LogP contribution is 2.41. The molecule has 0 atom stereocenters. The molecule has 7 aromatic carbocycles. The van der Waals surface area contributed by atoms with Crippen LogP contribution in [0.1, 0.15) is 269 Å². The summed E-state index contributed by atoms with van der Waals surface area (Å²) in [6.45, 7) is 104. The maximum Gasteiger partial charge on any atom is 0.0924 e. The van der Waals surface area contributed by atoms with Gasteiger partial charge in [0.1, 0.15) is 0 Å². The van der Waals surface area contributed by atoms with Crippen LogP contribution in [0.2, 0.25) is 0 Å². The van der Waals surface area contributed by atoms with Crippen molar-refractivity contribution in [2.75, 3.05) is 0 Å². The molecule has 0 amide bonds. The highest BCUT2D eigenvalue weighted by atomic mass is 14.8. The molecule has 0 N–H and O–H groups in total. The van der Waals surface area contributed by atoms with E-state index < -0.39 is 0 Å². The van der Waals surface area contributed by atoms with Crippen molar-refractivity contribution in [3.05, 3.63) is 269 Å². The van der Waals surface area contributed by atoms with Crippen LogP contribution < -0.4 is 0 Å². The molecule has 0 spiro atoms. The number of nitrogens with zero attached hydrogens (tertiary/aromatic N) is 8. The van der Waals surface area contributed by atoms with E-state index in [0.29, 0.717) is 0 Å². The van der Waals surface area contributed by atoms with Crippen molar-refractivity contribution >= 4 is 75.7 Å². The van der Waals surface area contributed by atoms with E-state index in [4.69, 9.17) is 0 Å². The molecular formula is C110H144N8. The number of fused-ring (bicyclic) bond motifs is 7. The maximum absolute atomic E-state index is 4.68. The largest absolute Gasteiger partial charge is 0.258 e. The van der Waals surface area contributed by atoms with Gasteiger partial charge in [-0.25, -0.2) is 9.97 Å². The van der Waals surface area contributed by atoms with Gasteiger partial charge in [0.15, 0.2) is 0 Å². The van der Waals surface area contributed by atoms with Gasteiger partial charge >= 0.3 is 0 Å². The Kier molecular flexibility index (Phi) is 28.4. The van der Waals surface area contributed by atoms with Crippen molar-refractivity contribution < 1.29 is 0 Å². The number of aryl methyl sites for hydroxylation is 34. The fourth-order valence-electron chi connectivity index (χ4n) is 18.9. The Morgan fingerprint density at radius 3 is 0.297 bits per heavy atom. The van der Waals surface area contributed by atoms with Crippen LogP contribution in [0.3, 0.4) is 0 Å². The molecule has 7 aromatic heterocycles. The van der Waals surface area contributed by atoms with Crippen LogP contribution in [0.25, 0.3) is 75.7 Å². The van der Waals surface area contributed by atoms with Crippen LogP contribution in [0, 0.1) is 332 Å². The number of pyridine rings is 6. The van der Waals surface area contributed by atoms with Gasteiger partial charge < -0.3 is 0 Å². The average molecular weight is 1580 g/mol. The SMILES string of the molecule is Cc1nc(C)c2c(C)c(C)c(C)c(C)c2c1C.Cc1nc(C)c2c(C)c(C)c(C)c(C)c2c1C.Cc1nc(C)c2c(C)c(C)c(C)c(C)c2c1C.Cc1nc(C)c2c(C)c(C)c(C)c(C)c2c1C.Cc1nc(C)c2c(C)c(C)c(C)c(C)c2c1C.Cc1nc(C)c2c(C)c(C)c(C)c(C)c2c1C.Cc1nc2c(C)c(C)c(C)c(C)c2nc1C. The molecule has 8 nitrogen and oxygen atoms in total. The minimum atomic E-state index is 1.03. The first kappa shape index (κ1) is 93.8. The minimum absolute atomic E-state index is 1.03. The smallest absolute Gasteiger partial charge is 0.0924 e. The van der Waals surface area contributed by atoms with Crippen LogP contribution >= 0.6 is 0 Å². The van der Waals surface area contributed by atoms with Gasteiger partial charge in [0.05, 0.1) is 22.4 Å². The van der Waals surface area contributed by atoms with Crippen molar-refractivity contribution in [2.24, 2.45) is 0 Å². The van der Waals surface area contributed by atoms with E-state index in [0.717, 1.165) is 90.7 Å². The topological polar surface area (TPSA) is 103 Å². The van der Waals surface area contributed by atoms with E-state index in [1.54, 1.807) is 0 Å². The summed E-state index contributed by atoms with van der Waals surface area (Å²) >= 11 is 0. The summed E-state index contributed by atoms with van der Waals surface area (Å²) in [6, 6.07) is 0. The highest BCUT2D eigenvalue weighted by molar-refractivity contribution is 6.00. The highest BCUT2D eigenvalue weighted by Gasteiger charge is 2.23. The second-order valence-corrected chi connectivity index (χ2v) is 35.5. The molecule has 14 aromatic rings. The van der Waals surface area contributed by atoms with Crippen molar-refractivity contribution in [3.63, 3.8) is 0 Å². The molecule has 624 valence electrons. The molecule has 8 heteroatoms. The Labute approximate surface area is 712 Å². The standard InChI is InChI=1S/6C16H21N.C14H18N2/c6*1-8-9(2)11(4)16-14(7)17-13(6)12(5)15(16)10(8)3;1-7-8(2)10(4)14-13(9(7)3)15-11(5)12(6)16-14/h6*1-7H3;1-6H3. The second-order valence-electron chi connectivity index (χ2n) is 35.5. The lowest BCUT2D eigenvalue weighted by atomic mass is 9.89. The van der Waals surface area contributed by atoms with Gasteiger partial charge in [-0.3, -0.25) is 29.9 Å². The van der Waals surface area contributed by atoms with Crippen molar-refractivity contribution in [1.29, 1.82) is 0 Å². The Hall–Kier alpha value is -9.66. The molecule has 0 radical (unpaired) electrons. The third-order valence-electron chi connectivity index (χ3n) is 29.5. The average Bonchev–Trinajstić information content (AvgIpc) is 0.775. The molecule has 0 aliphatic rings. The summed E-state index contributed by atoms with van der Waals surface area (Å²) in [4.78, 5) is 37.4. The van der Waals surface area contributed by atoms with E-state index in [2.05, 4.69) is 358 Å². The molecule has 0 unspecified atom stereocenters. The first-order valence-corrected chi connectivity index (χ1v) is 42.8. The van der Waals surface area contributed by atoms with Crippen LogP contribution in [0.4, 0.5) is 0 Å². The summed E-state index contributed by atoms with van der Waals surface area (Å²) in [5.74, 6) is 0. The summed E-state index contributed by atoms with van der Waals surface area (Å²) in [7, 11) is 0.